The van der Waals surface area contributed by atoms with E-state index in [1.54, 1.807) is 18.7 Å². The molecular formula is C11H12FN5O. The number of carbonyl (C=O) groups is 1. The third-order valence-electron chi connectivity index (χ3n) is 2.45. The first-order valence-electron chi connectivity index (χ1n) is 5.33. The second kappa shape index (κ2) is 4.91. The van der Waals surface area contributed by atoms with E-state index in [-0.39, 0.29) is 11.6 Å². The number of hydrogen-bond donors (Lipinski definition) is 1. The highest BCUT2D eigenvalue weighted by Crippen LogP contribution is 2.09. The predicted octanol–water partition coefficient (Wildman–Crippen LogP) is 0.840. The minimum absolute atomic E-state index is 0.170. The Morgan fingerprint density at radius 2 is 2.28 bits per heavy atom. The van der Waals surface area contributed by atoms with E-state index >= 15 is 0 Å². The van der Waals surface area contributed by atoms with Crippen molar-refractivity contribution in [3.8, 4) is 0 Å². The van der Waals surface area contributed by atoms with E-state index in [0.717, 1.165) is 12.3 Å². The molecule has 0 fully saturated rings. The monoisotopic (exact) mass is 249 g/mol. The third kappa shape index (κ3) is 2.50. The van der Waals surface area contributed by atoms with Crippen LogP contribution in [0.5, 0.6) is 0 Å². The molecule has 0 bridgehead atoms. The molecule has 0 spiro atoms. The molecule has 0 saturated carbocycles. The Balaban J connectivity index is 2.10. The van der Waals surface area contributed by atoms with Crippen molar-refractivity contribution in [2.75, 3.05) is 0 Å². The SMILES string of the molecule is C[C@H](NC(=O)c1cncc(F)c1)c1ncnn1C. The van der Waals surface area contributed by atoms with Gasteiger partial charge in [-0.05, 0) is 13.0 Å². The van der Waals surface area contributed by atoms with Gasteiger partial charge < -0.3 is 5.32 Å². The van der Waals surface area contributed by atoms with Gasteiger partial charge >= 0.3 is 0 Å². The quantitative estimate of drug-likeness (QED) is 0.874. The molecule has 2 aromatic rings. The highest BCUT2D eigenvalue weighted by molar-refractivity contribution is 5.94. The summed E-state index contributed by atoms with van der Waals surface area (Å²) in [5, 5.41) is 6.61. The van der Waals surface area contributed by atoms with Gasteiger partial charge in [-0.2, -0.15) is 5.10 Å². The number of aromatic nitrogens is 4. The second-order valence-corrected chi connectivity index (χ2v) is 3.83. The number of hydrogen-bond acceptors (Lipinski definition) is 4. The van der Waals surface area contributed by atoms with Gasteiger partial charge in [0.1, 0.15) is 18.0 Å². The number of halogens is 1. The molecule has 2 aromatic heterocycles. The van der Waals surface area contributed by atoms with Gasteiger partial charge in [0.25, 0.3) is 5.91 Å². The Bertz CT molecular complexity index is 568. The van der Waals surface area contributed by atoms with E-state index in [4.69, 9.17) is 0 Å². The topological polar surface area (TPSA) is 72.7 Å². The Labute approximate surface area is 103 Å². The first kappa shape index (κ1) is 12.2. The molecule has 0 unspecified atom stereocenters. The summed E-state index contributed by atoms with van der Waals surface area (Å²) in [6, 6.07) is 0.805. The molecule has 2 heterocycles. The van der Waals surface area contributed by atoms with Crippen molar-refractivity contribution in [3.05, 3.63) is 42.0 Å². The lowest BCUT2D eigenvalue weighted by atomic mass is 10.2. The van der Waals surface area contributed by atoms with E-state index in [1.807, 2.05) is 0 Å². The molecule has 18 heavy (non-hydrogen) atoms. The molecule has 0 aliphatic carbocycles. The van der Waals surface area contributed by atoms with Crippen LogP contribution in [-0.4, -0.2) is 25.7 Å². The number of carbonyl (C=O) groups excluding carboxylic acids is 1. The summed E-state index contributed by atoms with van der Waals surface area (Å²) in [7, 11) is 1.73. The molecule has 0 aromatic carbocycles. The van der Waals surface area contributed by atoms with Crippen LogP contribution in [0.25, 0.3) is 0 Å². The van der Waals surface area contributed by atoms with Crippen molar-refractivity contribution in [1.29, 1.82) is 0 Å². The van der Waals surface area contributed by atoms with E-state index in [2.05, 4.69) is 20.4 Å². The van der Waals surface area contributed by atoms with Crippen LogP contribution >= 0.6 is 0 Å². The van der Waals surface area contributed by atoms with Gasteiger partial charge in [0, 0.05) is 13.2 Å². The molecule has 94 valence electrons. The van der Waals surface area contributed by atoms with Gasteiger partial charge in [0.2, 0.25) is 0 Å². The lowest BCUT2D eigenvalue weighted by molar-refractivity contribution is 0.0937. The largest absolute Gasteiger partial charge is 0.342 e. The number of pyridine rings is 1. The van der Waals surface area contributed by atoms with Gasteiger partial charge in [0.15, 0.2) is 0 Å². The first-order valence-corrected chi connectivity index (χ1v) is 5.33. The predicted molar refractivity (Wildman–Crippen MR) is 61.1 cm³/mol. The number of nitrogens with one attached hydrogen (secondary N) is 1. The van der Waals surface area contributed by atoms with Gasteiger partial charge in [0.05, 0.1) is 17.8 Å². The fourth-order valence-corrected chi connectivity index (χ4v) is 1.58. The molecular weight excluding hydrogens is 237 g/mol. The molecule has 0 radical (unpaired) electrons. The number of nitrogens with zero attached hydrogens (tertiary/aromatic N) is 4. The van der Waals surface area contributed by atoms with Crippen LogP contribution in [-0.2, 0) is 7.05 Å². The van der Waals surface area contributed by atoms with Crippen LogP contribution in [0, 0.1) is 5.82 Å². The summed E-state index contributed by atoms with van der Waals surface area (Å²) in [5.41, 5.74) is 0.170. The van der Waals surface area contributed by atoms with Crippen molar-refractivity contribution in [2.45, 2.75) is 13.0 Å². The molecule has 6 nitrogen and oxygen atoms in total. The number of rotatable bonds is 3. The Hall–Kier alpha value is -2.31. The van der Waals surface area contributed by atoms with E-state index in [0.29, 0.717) is 5.82 Å². The normalized spacial score (nSPS) is 12.2. The van der Waals surface area contributed by atoms with E-state index < -0.39 is 11.7 Å². The van der Waals surface area contributed by atoms with Crippen molar-refractivity contribution < 1.29 is 9.18 Å². The van der Waals surface area contributed by atoms with Crippen LogP contribution < -0.4 is 5.32 Å². The Morgan fingerprint density at radius 1 is 1.50 bits per heavy atom. The highest BCUT2D eigenvalue weighted by Gasteiger charge is 2.15. The van der Waals surface area contributed by atoms with Crippen LogP contribution in [0.2, 0.25) is 0 Å². The zero-order chi connectivity index (χ0) is 13.1. The Morgan fingerprint density at radius 3 is 2.89 bits per heavy atom. The molecule has 2 rings (SSSR count). The zero-order valence-corrected chi connectivity index (χ0v) is 9.96. The van der Waals surface area contributed by atoms with Crippen molar-refractivity contribution in [2.24, 2.45) is 7.05 Å². The average molecular weight is 249 g/mol. The summed E-state index contributed by atoms with van der Waals surface area (Å²) in [4.78, 5) is 19.5. The average Bonchev–Trinajstić information content (AvgIpc) is 2.75. The summed E-state index contributed by atoms with van der Waals surface area (Å²) in [5.74, 6) is -0.334. The molecule has 1 amide bonds. The molecule has 0 saturated heterocycles. The van der Waals surface area contributed by atoms with E-state index in [1.165, 1.54) is 12.5 Å². The van der Waals surface area contributed by atoms with Gasteiger partial charge in [-0.15, -0.1) is 0 Å². The fraction of sp³-hybridized carbons (Fsp3) is 0.273. The van der Waals surface area contributed by atoms with Gasteiger partial charge in [-0.3, -0.25) is 14.5 Å². The second-order valence-electron chi connectivity index (χ2n) is 3.83. The maximum Gasteiger partial charge on any atom is 0.253 e. The smallest absolute Gasteiger partial charge is 0.253 e. The number of aryl methyl sites for hydroxylation is 1. The lowest BCUT2D eigenvalue weighted by Gasteiger charge is -2.12. The summed E-state index contributed by atoms with van der Waals surface area (Å²) in [6.07, 6.45) is 3.76. The summed E-state index contributed by atoms with van der Waals surface area (Å²) >= 11 is 0. The molecule has 1 atom stereocenters. The molecule has 1 N–H and O–H groups in total. The fourth-order valence-electron chi connectivity index (χ4n) is 1.58. The van der Waals surface area contributed by atoms with Crippen LogP contribution in [0.1, 0.15) is 29.1 Å². The first-order chi connectivity index (χ1) is 8.58. The lowest BCUT2D eigenvalue weighted by Crippen LogP contribution is -2.28. The van der Waals surface area contributed by atoms with Gasteiger partial charge in [-0.25, -0.2) is 9.37 Å². The summed E-state index contributed by atoms with van der Waals surface area (Å²) in [6.45, 7) is 1.77. The zero-order valence-electron chi connectivity index (χ0n) is 9.96. The van der Waals surface area contributed by atoms with Crippen LogP contribution in [0.3, 0.4) is 0 Å². The molecule has 0 aliphatic heterocycles. The van der Waals surface area contributed by atoms with Crippen LogP contribution in [0.15, 0.2) is 24.8 Å². The number of amides is 1. The highest BCUT2D eigenvalue weighted by atomic mass is 19.1. The van der Waals surface area contributed by atoms with Crippen molar-refractivity contribution in [1.82, 2.24) is 25.1 Å². The minimum atomic E-state index is -0.547. The van der Waals surface area contributed by atoms with E-state index in [9.17, 15) is 9.18 Å². The molecule has 0 aliphatic rings. The van der Waals surface area contributed by atoms with Crippen molar-refractivity contribution >= 4 is 5.91 Å². The minimum Gasteiger partial charge on any atom is -0.342 e. The van der Waals surface area contributed by atoms with Crippen molar-refractivity contribution in [3.63, 3.8) is 0 Å². The maximum absolute atomic E-state index is 12.9. The maximum atomic E-state index is 12.9. The standard InChI is InChI=1S/C11H12FN5O/c1-7(10-14-6-15-17(10)2)16-11(18)8-3-9(12)5-13-4-8/h3-7H,1-2H3,(H,16,18)/t7-/m0/s1. The Kier molecular flexibility index (Phi) is 3.31. The van der Waals surface area contributed by atoms with Gasteiger partial charge in [-0.1, -0.05) is 0 Å². The molecule has 7 heteroatoms. The summed E-state index contributed by atoms with van der Waals surface area (Å²) < 4.78 is 14.5. The van der Waals surface area contributed by atoms with Crippen LogP contribution in [0.4, 0.5) is 4.39 Å². The third-order valence-corrected chi connectivity index (χ3v) is 2.45.